The summed E-state index contributed by atoms with van der Waals surface area (Å²) in [6.45, 7) is 7.91. The van der Waals surface area contributed by atoms with E-state index in [2.05, 4.69) is 52.9 Å². The maximum atomic E-state index is 13.3. The molecular weight excluding hydrogens is 490 g/mol. The van der Waals surface area contributed by atoms with Gasteiger partial charge in [-0.25, -0.2) is 8.42 Å². The number of hydrogen-bond acceptors (Lipinski definition) is 4. The molecule has 2 fully saturated rings. The van der Waals surface area contributed by atoms with Gasteiger partial charge in [0, 0.05) is 49.4 Å². The Kier molecular flexibility index (Phi) is 6.93. The number of amides is 1. The fraction of sp³-hybridized carbons (Fsp3) is 0.458. The quantitative estimate of drug-likeness (QED) is 0.615. The summed E-state index contributed by atoms with van der Waals surface area (Å²) in [5, 5.41) is 0. The molecule has 6 nitrogen and oxygen atoms in total. The van der Waals surface area contributed by atoms with E-state index in [-0.39, 0.29) is 23.3 Å². The Labute approximate surface area is 199 Å². The third-order valence-corrected chi connectivity index (χ3v) is 9.10. The van der Waals surface area contributed by atoms with Gasteiger partial charge in [0.25, 0.3) is 0 Å². The lowest BCUT2D eigenvalue weighted by Crippen LogP contribution is -2.53. The molecule has 0 unspecified atom stereocenters. The molecular formula is C24H30BrN3O3S. The lowest BCUT2D eigenvalue weighted by molar-refractivity contribution is -0.137. The fourth-order valence-electron chi connectivity index (χ4n) is 4.62. The standard InChI is InChI=1S/C24H30BrN3O3S/c1-18-5-3-7-23(19(18)2)26-13-15-27(16-14-26)24(29)20-6-4-12-28(17-20)32(30,31)22-10-8-21(25)9-11-22/h3,5,7-11,20H,4,6,12-17H2,1-2H3/t20-/m1/s1. The van der Waals surface area contributed by atoms with E-state index in [1.165, 1.54) is 21.1 Å². The summed E-state index contributed by atoms with van der Waals surface area (Å²) >= 11 is 3.35. The van der Waals surface area contributed by atoms with Crippen molar-refractivity contribution < 1.29 is 13.2 Å². The number of halogens is 1. The van der Waals surface area contributed by atoms with Gasteiger partial charge >= 0.3 is 0 Å². The number of hydrogen-bond donors (Lipinski definition) is 0. The van der Waals surface area contributed by atoms with E-state index >= 15 is 0 Å². The van der Waals surface area contributed by atoms with Crippen LogP contribution < -0.4 is 4.90 Å². The van der Waals surface area contributed by atoms with Crippen molar-refractivity contribution in [2.45, 2.75) is 31.6 Å². The first-order valence-electron chi connectivity index (χ1n) is 11.1. The van der Waals surface area contributed by atoms with Crippen molar-refractivity contribution >= 4 is 37.5 Å². The molecule has 0 N–H and O–H groups in total. The lowest BCUT2D eigenvalue weighted by atomic mass is 9.97. The first-order valence-corrected chi connectivity index (χ1v) is 13.4. The van der Waals surface area contributed by atoms with Gasteiger partial charge in [0.15, 0.2) is 0 Å². The number of piperidine rings is 1. The van der Waals surface area contributed by atoms with E-state index in [4.69, 9.17) is 0 Å². The van der Waals surface area contributed by atoms with Gasteiger partial charge in [0.1, 0.15) is 0 Å². The Balaban J connectivity index is 1.40. The molecule has 2 aliphatic rings. The molecule has 4 rings (SSSR count). The molecule has 1 atom stereocenters. The summed E-state index contributed by atoms with van der Waals surface area (Å²) < 4.78 is 28.5. The molecule has 2 heterocycles. The van der Waals surface area contributed by atoms with E-state index in [0.717, 1.165) is 24.0 Å². The highest BCUT2D eigenvalue weighted by molar-refractivity contribution is 9.10. The van der Waals surface area contributed by atoms with Gasteiger partial charge in [-0.2, -0.15) is 4.31 Å². The zero-order valence-electron chi connectivity index (χ0n) is 18.6. The SMILES string of the molecule is Cc1cccc(N2CCN(C(=O)[C@@H]3CCCN(S(=O)(=O)c4ccc(Br)cc4)C3)CC2)c1C. The topological polar surface area (TPSA) is 60.9 Å². The fourth-order valence-corrected chi connectivity index (χ4v) is 6.41. The second kappa shape index (κ2) is 9.53. The van der Waals surface area contributed by atoms with Gasteiger partial charge in [0.05, 0.1) is 10.8 Å². The second-order valence-corrected chi connectivity index (χ2v) is 11.5. The number of benzene rings is 2. The molecule has 0 aromatic heterocycles. The highest BCUT2D eigenvalue weighted by atomic mass is 79.9. The Hall–Kier alpha value is -1.90. The van der Waals surface area contributed by atoms with E-state index < -0.39 is 10.0 Å². The minimum absolute atomic E-state index is 0.0846. The van der Waals surface area contributed by atoms with Crippen LogP contribution in [0.2, 0.25) is 0 Å². The maximum absolute atomic E-state index is 13.3. The molecule has 0 radical (unpaired) electrons. The number of carbonyl (C=O) groups is 1. The Bertz CT molecular complexity index is 1080. The van der Waals surface area contributed by atoms with Crippen molar-refractivity contribution in [1.82, 2.24) is 9.21 Å². The number of anilines is 1. The van der Waals surface area contributed by atoms with Gasteiger partial charge in [-0.3, -0.25) is 4.79 Å². The smallest absolute Gasteiger partial charge is 0.243 e. The van der Waals surface area contributed by atoms with Gasteiger partial charge in [0.2, 0.25) is 15.9 Å². The van der Waals surface area contributed by atoms with Crippen LogP contribution in [0.1, 0.15) is 24.0 Å². The summed E-state index contributed by atoms with van der Waals surface area (Å²) in [5.74, 6) is -0.192. The molecule has 2 aromatic carbocycles. The first-order chi connectivity index (χ1) is 15.3. The Morgan fingerprint density at radius 3 is 2.34 bits per heavy atom. The summed E-state index contributed by atoms with van der Waals surface area (Å²) in [4.78, 5) is 17.8. The monoisotopic (exact) mass is 519 g/mol. The Morgan fingerprint density at radius 1 is 0.969 bits per heavy atom. The third-order valence-electron chi connectivity index (χ3n) is 6.69. The molecule has 2 aromatic rings. The van der Waals surface area contributed by atoms with Crippen molar-refractivity contribution in [3.05, 3.63) is 58.1 Å². The molecule has 172 valence electrons. The first kappa shape index (κ1) is 23.3. The minimum atomic E-state index is -3.60. The van der Waals surface area contributed by atoms with Crippen LogP contribution in [-0.4, -0.2) is 62.8 Å². The van der Waals surface area contributed by atoms with Crippen LogP contribution in [0.15, 0.2) is 51.8 Å². The highest BCUT2D eigenvalue weighted by Crippen LogP contribution is 2.28. The van der Waals surface area contributed by atoms with E-state index in [0.29, 0.717) is 26.1 Å². The highest BCUT2D eigenvalue weighted by Gasteiger charge is 2.36. The van der Waals surface area contributed by atoms with Crippen LogP contribution in [0.3, 0.4) is 0 Å². The van der Waals surface area contributed by atoms with Crippen LogP contribution in [0, 0.1) is 19.8 Å². The third kappa shape index (κ3) is 4.72. The van der Waals surface area contributed by atoms with Crippen molar-refractivity contribution in [3.63, 3.8) is 0 Å². The molecule has 0 bridgehead atoms. The zero-order chi connectivity index (χ0) is 22.9. The van der Waals surface area contributed by atoms with Crippen molar-refractivity contribution in [3.8, 4) is 0 Å². The van der Waals surface area contributed by atoms with E-state index in [1.54, 1.807) is 24.3 Å². The van der Waals surface area contributed by atoms with E-state index in [9.17, 15) is 13.2 Å². The van der Waals surface area contributed by atoms with Crippen LogP contribution >= 0.6 is 15.9 Å². The molecule has 0 spiro atoms. The average Bonchev–Trinajstić information content (AvgIpc) is 2.81. The predicted molar refractivity (Wildman–Crippen MR) is 130 cm³/mol. The van der Waals surface area contributed by atoms with Gasteiger partial charge in [-0.1, -0.05) is 28.1 Å². The van der Waals surface area contributed by atoms with E-state index in [1.807, 2.05) is 4.90 Å². The molecule has 1 amide bonds. The molecule has 2 saturated heterocycles. The van der Waals surface area contributed by atoms with Crippen LogP contribution in [0.5, 0.6) is 0 Å². The van der Waals surface area contributed by atoms with Crippen molar-refractivity contribution in [1.29, 1.82) is 0 Å². The maximum Gasteiger partial charge on any atom is 0.243 e. The average molecular weight is 520 g/mol. The number of carbonyl (C=O) groups excluding carboxylic acids is 1. The van der Waals surface area contributed by atoms with Crippen molar-refractivity contribution in [2.75, 3.05) is 44.2 Å². The lowest BCUT2D eigenvalue weighted by Gasteiger charge is -2.40. The summed E-state index contributed by atoms with van der Waals surface area (Å²) in [6, 6.07) is 13.0. The number of aryl methyl sites for hydroxylation is 1. The number of nitrogens with zero attached hydrogens (tertiary/aromatic N) is 3. The van der Waals surface area contributed by atoms with Gasteiger partial charge < -0.3 is 9.80 Å². The van der Waals surface area contributed by atoms with Crippen LogP contribution in [0.4, 0.5) is 5.69 Å². The zero-order valence-corrected chi connectivity index (χ0v) is 21.0. The molecule has 32 heavy (non-hydrogen) atoms. The molecule has 0 saturated carbocycles. The predicted octanol–water partition coefficient (Wildman–Crippen LogP) is 3.82. The molecule has 8 heteroatoms. The summed E-state index contributed by atoms with van der Waals surface area (Å²) in [5.41, 5.74) is 3.80. The minimum Gasteiger partial charge on any atom is -0.368 e. The van der Waals surface area contributed by atoms with Crippen molar-refractivity contribution in [2.24, 2.45) is 5.92 Å². The number of piperazine rings is 1. The second-order valence-electron chi connectivity index (χ2n) is 8.69. The Morgan fingerprint density at radius 2 is 1.66 bits per heavy atom. The molecule has 0 aliphatic carbocycles. The number of sulfonamides is 1. The largest absolute Gasteiger partial charge is 0.368 e. The summed E-state index contributed by atoms with van der Waals surface area (Å²) in [7, 11) is -3.60. The van der Waals surface area contributed by atoms with Crippen LogP contribution in [0.25, 0.3) is 0 Å². The number of rotatable bonds is 4. The van der Waals surface area contributed by atoms with Gasteiger partial charge in [-0.05, 0) is 68.1 Å². The normalized spacial score (nSPS) is 20.4. The van der Waals surface area contributed by atoms with Gasteiger partial charge in [-0.15, -0.1) is 0 Å². The van der Waals surface area contributed by atoms with Crippen LogP contribution in [-0.2, 0) is 14.8 Å². The molecule has 2 aliphatic heterocycles. The summed E-state index contributed by atoms with van der Waals surface area (Å²) in [6.07, 6.45) is 1.44.